The number of allylic oxidation sites excluding steroid dienone is 1. The van der Waals surface area contributed by atoms with E-state index in [9.17, 15) is 9.59 Å². The van der Waals surface area contributed by atoms with Crippen molar-refractivity contribution in [3.63, 3.8) is 0 Å². The maximum Gasteiger partial charge on any atom is 0.347 e. The fraction of sp³-hybridized carbons (Fsp3) is 0.556. The van der Waals surface area contributed by atoms with E-state index in [1.807, 2.05) is 0 Å². The van der Waals surface area contributed by atoms with Crippen molar-refractivity contribution < 1.29 is 19.1 Å². The first-order valence-corrected chi connectivity index (χ1v) is 4.17. The maximum atomic E-state index is 11.0. The number of esters is 2. The highest BCUT2D eigenvalue weighted by atomic mass is 16.6. The molecule has 0 N–H and O–H groups in total. The first kappa shape index (κ1) is 9.77. The average molecular weight is 184 g/mol. The average Bonchev–Trinajstić information content (AvgIpc) is 2.30. The van der Waals surface area contributed by atoms with Crippen LogP contribution in [0.15, 0.2) is 12.2 Å². The normalized spacial score (nSPS) is 27.7. The molecular weight excluding hydrogens is 172 g/mol. The molecule has 1 rings (SSSR count). The van der Waals surface area contributed by atoms with Crippen LogP contribution in [-0.2, 0) is 19.1 Å². The van der Waals surface area contributed by atoms with E-state index in [0.717, 1.165) is 0 Å². The molecule has 72 valence electrons. The molecule has 0 bridgehead atoms. The molecule has 4 heteroatoms. The van der Waals surface area contributed by atoms with Crippen molar-refractivity contribution in [1.82, 2.24) is 0 Å². The molecule has 0 aromatic rings. The summed E-state index contributed by atoms with van der Waals surface area (Å²) < 4.78 is 9.65. The summed E-state index contributed by atoms with van der Waals surface area (Å²) in [4.78, 5) is 21.9. The van der Waals surface area contributed by atoms with E-state index >= 15 is 0 Å². The lowest BCUT2D eigenvalue weighted by Crippen LogP contribution is -2.21. The van der Waals surface area contributed by atoms with Crippen LogP contribution >= 0.6 is 0 Å². The van der Waals surface area contributed by atoms with Crippen LogP contribution in [0.25, 0.3) is 0 Å². The summed E-state index contributed by atoms with van der Waals surface area (Å²) in [5.74, 6) is -0.955. The Hall–Kier alpha value is -1.32. The molecule has 0 aliphatic carbocycles. The fourth-order valence-corrected chi connectivity index (χ4v) is 1.13. The molecule has 4 nitrogen and oxygen atoms in total. The molecular formula is C9H12O4. The Morgan fingerprint density at radius 3 is 2.85 bits per heavy atom. The number of cyclic esters (lactones) is 1. The Labute approximate surface area is 76.5 Å². The van der Waals surface area contributed by atoms with E-state index in [1.165, 1.54) is 6.08 Å². The highest BCUT2D eigenvalue weighted by Gasteiger charge is 2.34. The van der Waals surface area contributed by atoms with Crippen LogP contribution in [0.5, 0.6) is 0 Å². The third-order valence-corrected chi connectivity index (χ3v) is 1.69. The molecule has 0 aromatic heterocycles. The van der Waals surface area contributed by atoms with Gasteiger partial charge in [-0.25, -0.2) is 9.59 Å². The number of ether oxygens (including phenoxy) is 2. The monoisotopic (exact) mass is 184 g/mol. The molecule has 0 aromatic carbocycles. The SMILES string of the molecule is C/C=C/C(=O)OC1CC(C)OC1=O. The second-order valence-corrected chi connectivity index (χ2v) is 2.91. The standard InChI is InChI=1S/C9H12O4/c1-3-4-8(10)13-7-5-6(2)12-9(7)11/h3-4,6-7H,5H2,1-2H3/b4-3+. The van der Waals surface area contributed by atoms with Crippen LogP contribution in [-0.4, -0.2) is 24.1 Å². The van der Waals surface area contributed by atoms with Crippen molar-refractivity contribution in [2.45, 2.75) is 32.5 Å². The minimum Gasteiger partial charge on any atom is -0.460 e. The number of carbonyl (C=O) groups is 2. The van der Waals surface area contributed by atoms with Crippen molar-refractivity contribution in [3.05, 3.63) is 12.2 Å². The molecule has 1 aliphatic rings. The summed E-state index contributed by atoms with van der Waals surface area (Å²) in [6.45, 7) is 3.47. The molecule has 2 unspecified atom stereocenters. The molecule has 13 heavy (non-hydrogen) atoms. The van der Waals surface area contributed by atoms with Crippen LogP contribution in [0, 0.1) is 0 Å². The van der Waals surface area contributed by atoms with E-state index in [-0.39, 0.29) is 6.10 Å². The summed E-state index contributed by atoms with van der Waals surface area (Å²) in [6, 6.07) is 0. The van der Waals surface area contributed by atoms with Gasteiger partial charge in [0.1, 0.15) is 6.10 Å². The van der Waals surface area contributed by atoms with Crippen LogP contribution in [0.2, 0.25) is 0 Å². The van der Waals surface area contributed by atoms with Gasteiger partial charge in [0.25, 0.3) is 0 Å². The van der Waals surface area contributed by atoms with Crippen LogP contribution in [0.3, 0.4) is 0 Å². The molecule has 0 saturated carbocycles. The third-order valence-electron chi connectivity index (χ3n) is 1.69. The van der Waals surface area contributed by atoms with Gasteiger partial charge in [0, 0.05) is 12.5 Å². The number of hydrogen-bond acceptors (Lipinski definition) is 4. The Kier molecular flexibility index (Phi) is 3.06. The Morgan fingerprint density at radius 1 is 1.69 bits per heavy atom. The molecule has 1 aliphatic heterocycles. The van der Waals surface area contributed by atoms with Gasteiger partial charge in [-0.15, -0.1) is 0 Å². The lowest BCUT2D eigenvalue weighted by atomic mass is 10.2. The second-order valence-electron chi connectivity index (χ2n) is 2.91. The highest BCUT2D eigenvalue weighted by Crippen LogP contribution is 2.17. The van der Waals surface area contributed by atoms with Gasteiger partial charge in [-0.2, -0.15) is 0 Å². The van der Waals surface area contributed by atoms with E-state index in [4.69, 9.17) is 9.47 Å². The van der Waals surface area contributed by atoms with Gasteiger partial charge >= 0.3 is 11.9 Å². The topological polar surface area (TPSA) is 52.6 Å². The van der Waals surface area contributed by atoms with Gasteiger partial charge in [0.2, 0.25) is 6.10 Å². The van der Waals surface area contributed by atoms with Gasteiger partial charge in [0.05, 0.1) is 0 Å². The zero-order valence-electron chi connectivity index (χ0n) is 7.65. The van der Waals surface area contributed by atoms with Gasteiger partial charge in [-0.1, -0.05) is 6.08 Å². The summed E-state index contributed by atoms with van der Waals surface area (Å²) in [6.07, 6.45) is 2.40. The van der Waals surface area contributed by atoms with Gasteiger partial charge in [-0.3, -0.25) is 0 Å². The summed E-state index contributed by atoms with van der Waals surface area (Å²) in [7, 11) is 0. The zero-order valence-corrected chi connectivity index (χ0v) is 7.65. The van der Waals surface area contributed by atoms with Gasteiger partial charge in [0.15, 0.2) is 0 Å². The molecule has 0 radical (unpaired) electrons. The smallest absolute Gasteiger partial charge is 0.347 e. The van der Waals surface area contributed by atoms with Crippen LogP contribution < -0.4 is 0 Å². The quantitative estimate of drug-likeness (QED) is 0.470. The van der Waals surface area contributed by atoms with Gasteiger partial charge < -0.3 is 9.47 Å². The summed E-state index contributed by atoms with van der Waals surface area (Å²) in [5.41, 5.74) is 0. The third kappa shape index (κ3) is 2.57. The minimum atomic E-state index is -0.723. The van der Waals surface area contributed by atoms with Crippen molar-refractivity contribution in [2.75, 3.05) is 0 Å². The fourth-order valence-electron chi connectivity index (χ4n) is 1.13. The molecule has 2 atom stereocenters. The van der Waals surface area contributed by atoms with Crippen molar-refractivity contribution in [3.8, 4) is 0 Å². The first-order chi connectivity index (χ1) is 6.13. The van der Waals surface area contributed by atoms with Gasteiger partial charge in [-0.05, 0) is 13.8 Å². The number of hydrogen-bond donors (Lipinski definition) is 0. The van der Waals surface area contributed by atoms with Crippen molar-refractivity contribution in [1.29, 1.82) is 0 Å². The lowest BCUT2D eigenvalue weighted by Gasteiger charge is -2.04. The van der Waals surface area contributed by atoms with Crippen molar-refractivity contribution >= 4 is 11.9 Å². The van der Waals surface area contributed by atoms with Crippen LogP contribution in [0.4, 0.5) is 0 Å². The molecule has 1 saturated heterocycles. The Bertz CT molecular complexity index is 244. The predicted octanol–water partition coefficient (Wildman–Crippen LogP) is 0.810. The number of rotatable bonds is 2. The van der Waals surface area contributed by atoms with E-state index < -0.39 is 18.0 Å². The largest absolute Gasteiger partial charge is 0.460 e. The first-order valence-electron chi connectivity index (χ1n) is 4.17. The highest BCUT2D eigenvalue weighted by molar-refractivity contribution is 5.86. The molecule has 0 spiro atoms. The summed E-state index contributed by atoms with van der Waals surface area (Å²) >= 11 is 0. The molecule has 0 amide bonds. The molecule has 1 fully saturated rings. The molecule has 1 heterocycles. The summed E-state index contributed by atoms with van der Waals surface area (Å²) in [5, 5.41) is 0. The maximum absolute atomic E-state index is 11.0. The second kappa shape index (κ2) is 4.07. The zero-order chi connectivity index (χ0) is 9.84. The van der Waals surface area contributed by atoms with E-state index in [1.54, 1.807) is 19.9 Å². The van der Waals surface area contributed by atoms with E-state index in [2.05, 4.69) is 0 Å². The lowest BCUT2D eigenvalue weighted by molar-refractivity contribution is -0.157. The van der Waals surface area contributed by atoms with Crippen LogP contribution in [0.1, 0.15) is 20.3 Å². The Balaban J connectivity index is 2.46. The number of carbonyl (C=O) groups excluding carboxylic acids is 2. The minimum absolute atomic E-state index is 0.157. The Morgan fingerprint density at radius 2 is 2.38 bits per heavy atom. The predicted molar refractivity (Wildman–Crippen MR) is 44.9 cm³/mol. The van der Waals surface area contributed by atoms with E-state index in [0.29, 0.717) is 6.42 Å². The van der Waals surface area contributed by atoms with Crippen molar-refractivity contribution in [2.24, 2.45) is 0 Å².